The lowest BCUT2D eigenvalue weighted by Crippen LogP contribution is -2.53. The Kier molecular flexibility index (Phi) is 5.26. The Morgan fingerprint density at radius 3 is 2.26 bits per heavy atom. The maximum absolute atomic E-state index is 12.8. The number of amides is 1. The summed E-state index contributed by atoms with van der Waals surface area (Å²) in [6.45, 7) is 2.33. The Morgan fingerprint density at radius 2 is 1.74 bits per heavy atom. The third-order valence-corrected chi connectivity index (χ3v) is 7.00. The molecule has 2 aromatic rings. The number of hydrogen-bond donors (Lipinski definition) is 2. The van der Waals surface area contributed by atoms with Crippen molar-refractivity contribution in [1.29, 1.82) is 0 Å². The van der Waals surface area contributed by atoms with Gasteiger partial charge in [0, 0.05) is 19.2 Å². The van der Waals surface area contributed by atoms with E-state index in [-0.39, 0.29) is 10.8 Å². The van der Waals surface area contributed by atoms with Gasteiger partial charge in [-0.1, -0.05) is 18.2 Å². The van der Waals surface area contributed by atoms with Crippen LogP contribution in [0.25, 0.3) is 0 Å². The fourth-order valence-corrected chi connectivity index (χ4v) is 4.28. The van der Waals surface area contributed by atoms with Crippen molar-refractivity contribution in [1.82, 2.24) is 5.32 Å². The van der Waals surface area contributed by atoms with Gasteiger partial charge in [0.2, 0.25) is 0 Å². The van der Waals surface area contributed by atoms with E-state index < -0.39 is 15.6 Å². The summed E-state index contributed by atoms with van der Waals surface area (Å²) in [6, 6.07) is 14.8. The fraction of sp³-hybridized carbons (Fsp3) is 0.350. The number of sulfonamides is 1. The number of rotatable bonds is 7. The van der Waals surface area contributed by atoms with Crippen LogP contribution < -0.4 is 15.4 Å². The molecule has 144 valence electrons. The molecule has 0 aliphatic heterocycles. The summed E-state index contributed by atoms with van der Waals surface area (Å²) in [5.41, 5.74) is 6.41. The molecule has 1 atom stereocenters. The molecule has 7 heteroatoms. The smallest absolute Gasteiger partial charge is 0.264 e. The second-order valence-corrected chi connectivity index (χ2v) is 9.15. The lowest BCUT2D eigenvalue weighted by Gasteiger charge is -2.29. The van der Waals surface area contributed by atoms with Crippen LogP contribution in [0.4, 0.5) is 5.69 Å². The quantitative estimate of drug-likeness (QED) is 0.763. The number of para-hydroxylation sites is 1. The Labute approximate surface area is 160 Å². The number of benzene rings is 2. The monoisotopic (exact) mass is 387 g/mol. The number of carbonyl (C=O) groups is 1. The van der Waals surface area contributed by atoms with Crippen molar-refractivity contribution in [3.8, 4) is 0 Å². The van der Waals surface area contributed by atoms with Crippen molar-refractivity contribution in [3.63, 3.8) is 0 Å². The van der Waals surface area contributed by atoms with Gasteiger partial charge in [-0.3, -0.25) is 9.10 Å². The maximum Gasteiger partial charge on any atom is 0.264 e. The Morgan fingerprint density at radius 1 is 1.15 bits per heavy atom. The SMILES string of the molecule is CN(c1ccccc1)S(=O)(=O)c1ccc(C(=O)NC(C)(CN)C2CC2)cc1. The van der Waals surface area contributed by atoms with Gasteiger partial charge in [-0.15, -0.1) is 0 Å². The second kappa shape index (κ2) is 7.32. The van der Waals surface area contributed by atoms with E-state index in [9.17, 15) is 13.2 Å². The highest BCUT2D eigenvalue weighted by Gasteiger charge is 2.41. The van der Waals surface area contributed by atoms with Gasteiger partial charge in [-0.2, -0.15) is 0 Å². The van der Waals surface area contributed by atoms with Gasteiger partial charge < -0.3 is 11.1 Å². The first kappa shape index (κ1) is 19.4. The van der Waals surface area contributed by atoms with E-state index in [0.717, 1.165) is 12.8 Å². The lowest BCUT2D eigenvalue weighted by atomic mass is 9.95. The number of nitrogens with two attached hydrogens (primary N) is 1. The van der Waals surface area contributed by atoms with E-state index in [2.05, 4.69) is 5.32 Å². The van der Waals surface area contributed by atoms with Crippen molar-refractivity contribution in [2.45, 2.75) is 30.2 Å². The van der Waals surface area contributed by atoms with Crippen LogP contribution in [0, 0.1) is 5.92 Å². The molecule has 1 fully saturated rings. The molecule has 1 aliphatic rings. The van der Waals surface area contributed by atoms with E-state index in [0.29, 0.717) is 23.7 Å². The summed E-state index contributed by atoms with van der Waals surface area (Å²) < 4.78 is 26.8. The minimum absolute atomic E-state index is 0.134. The second-order valence-electron chi connectivity index (χ2n) is 7.18. The van der Waals surface area contributed by atoms with Crippen molar-refractivity contribution in [3.05, 3.63) is 60.2 Å². The molecule has 6 nitrogen and oxygen atoms in total. The van der Waals surface area contributed by atoms with Crippen LogP contribution in [0.2, 0.25) is 0 Å². The molecule has 1 aliphatic carbocycles. The van der Waals surface area contributed by atoms with Gasteiger partial charge >= 0.3 is 0 Å². The summed E-state index contributed by atoms with van der Waals surface area (Å²) in [6.07, 6.45) is 2.13. The first-order valence-corrected chi connectivity index (χ1v) is 10.4. The van der Waals surface area contributed by atoms with Gasteiger partial charge in [0.05, 0.1) is 16.1 Å². The molecular formula is C20H25N3O3S. The Balaban J connectivity index is 1.77. The van der Waals surface area contributed by atoms with Gasteiger partial charge in [-0.05, 0) is 62.1 Å². The normalized spacial score (nSPS) is 16.4. The molecule has 0 saturated heterocycles. The van der Waals surface area contributed by atoms with Crippen LogP contribution in [0.1, 0.15) is 30.1 Å². The molecule has 3 N–H and O–H groups in total. The average Bonchev–Trinajstić information content (AvgIpc) is 3.54. The molecule has 0 heterocycles. The van der Waals surface area contributed by atoms with Gasteiger partial charge in [0.25, 0.3) is 15.9 Å². The van der Waals surface area contributed by atoms with Gasteiger partial charge in [0.15, 0.2) is 0 Å². The third kappa shape index (κ3) is 3.99. The zero-order valence-electron chi connectivity index (χ0n) is 15.6. The number of hydrogen-bond acceptors (Lipinski definition) is 4. The highest BCUT2D eigenvalue weighted by Crippen LogP contribution is 2.39. The average molecular weight is 388 g/mol. The van der Waals surface area contributed by atoms with Gasteiger partial charge in [-0.25, -0.2) is 8.42 Å². The molecule has 0 spiro atoms. The van der Waals surface area contributed by atoms with E-state index >= 15 is 0 Å². The molecule has 1 amide bonds. The van der Waals surface area contributed by atoms with Crippen LogP contribution in [-0.2, 0) is 10.0 Å². The number of carbonyl (C=O) groups excluding carboxylic acids is 1. The van der Waals surface area contributed by atoms with Gasteiger partial charge in [0.1, 0.15) is 0 Å². The van der Waals surface area contributed by atoms with E-state index in [4.69, 9.17) is 5.73 Å². The Hall–Kier alpha value is -2.38. The maximum atomic E-state index is 12.8. The molecular weight excluding hydrogens is 362 g/mol. The van der Waals surface area contributed by atoms with E-state index in [1.54, 1.807) is 24.3 Å². The number of anilines is 1. The number of nitrogens with zero attached hydrogens (tertiary/aromatic N) is 1. The van der Waals surface area contributed by atoms with Crippen LogP contribution in [0.3, 0.4) is 0 Å². The highest BCUT2D eigenvalue weighted by molar-refractivity contribution is 7.92. The molecule has 1 saturated carbocycles. The molecule has 0 bridgehead atoms. The highest BCUT2D eigenvalue weighted by atomic mass is 32.2. The first-order chi connectivity index (χ1) is 12.8. The van der Waals surface area contributed by atoms with Crippen molar-refractivity contribution >= 4 is 21.6 Å². The van der Waals surface area contributed by atoms with Crippen molar-refractivity contribution in [2.24, 2.45) is 11.7 Å². The topological polar surface area (TPSA) is 92.5 Å². The minimum atomic E-state index is -3.70. The third-order valence-electron chi connectivity index (χ3n) is 5.20. The summed E-state index contributed by atoms with van der Waals surface area (Å²) in [5, 5.41) is 3.00. The van der Waals surface area contributed by atoms with Crippen LogP contribution in [0.15, 0.2) is 59.5 Å². The fourth-order valence-electron chi connectivity index (χ4n) is 3.08. The van der Waals surface area contributed by atoms with E-state index in [1.165, 1.54) is 35.6 Å². The largest absolute Gasteiger partial charge is 0.345 e. The molecule has 1 unspecified atom stereocenters. The molecule has 2 aromatic carbocycles. The predicted octanol–water partition coefficient (Wildman–Crippen LogP) is 2.37. The summed E-state index contributed by atoms with van der Waals surface area (Å²) in [5.74, 6) is 0.167. The lowest BCUT2D eigenvalue weighted by molar-refractivity contribution is 0.0897. The summed E-state index contributed by atoms with van der Waals surface area (Å²) >= 11 is 0. The summed E-state index contributed by atoms with van der Waals surface area (Å²) in [4.78, 5) is 12.7. The number of nitrogens with one attached hydrogen (secondary N) is 1. The summed E-state index contributed by atoms with van der Waals surface area (Å²) in [7, 11) is -2.19. The van der Waals surface area contributed by atoms with Crippen molar-refractivity contribution in [2.75, 3.05) is 17.9 Å². The Bertz CT molecular complexity index is 909. The molecule has 0 aromatic heterocycles. The minimum Gasteiger partial charge on any atom is -0.345 e. The zero-order chi connectivity index (χ0) is 19.7. The zero-order valence-corrected chi connectivity index (χ0v) is 16.4. The standard InChI is InChI=1S/C20H25N3O3S/c1-20(14-21,16-10-11-16)22-19(24)15-8-12-18(13-9-15)27(25,26)23(2)17-6-4-3-5-7-17/h3-9,12-13,16H,10-11,14,21H2,1-2H3,(H,22,24). The molecule has 3 rings (SSSR count). The molecule has 27 heavy (non-hydrogen) atoms. The first-order valence-electron chi connectivity index (χ1n) is 8.94. The van der Waals surface area contributed by atoms with E-state index in [1.807, 2.05) is 13.0 Å². The predicted molar refractivity (Wildman–Crippen MR) is 106 cm³/mol. The van der Waals surface area contributed by atoms with Crippen LogP contribution in [0.5, 0.6) is 0 Å². The molecule has 0 radical (unpaired) electrons. The van der Waals surface area contributed by atoms with Crippen molar-refractivity contribution < 1.29 is 13.2 Å². The van der Waals surface area contributed by atoms with Crippen LogP contribution in [-0.4, -0.2) is 33.5 Å². The van der Waals surface area contributed by atoms with Crippen LogP contribution >= 0.6 is 0 Å².